The molecule has 1 aliphatic rings. The fourth-order valence-corrected chi connectivity index (χ4v) is 4.23. The molecule has 1 atom stereocenters. The van der Waals surface area contributed by atoms with Crippen molar-refractivity contribution in [2.75, 3.05) is 12.3 Å². The van der Waals surface area contributed by atoms with Gasteiger partial charge in [0.05, 0.1) is 16.0 Å². The summed E-state index contributed by atoms with van der Waals surface area (Å²) in [5, 5.41) is 2.64. The van der Waals surface area contributed by atoms with E-state index in [0.29, 0.717) is 27.9 Å². The maximum absolute atomic E-state index is 11.9. The fourth-order valence-electron chi connectivity index (χ4n) is 2.03. The molecule has 4 nitrogen and oxygen atoms in total. The third kappa shape index (κ3) is 3.49. The van der Waals surface area contributed by atoms with Crippen LogP contribution in [0.3, 0.4) is 0 Å². The highest BCUT2D eigenvalue weighted by Crippen LogP contribution is 2.23. The molecule has 1 saturated heterocycles. The summed E-state index contributed by atoms with van der Waals surface area (Å²) in [5.74, 6) is -0.0889. The highest BCUT2D eigenvalue weighted by atomic mass is 79.9. The average molecular weight is 367 g/mol. The molecule has 1 aromatic carbocycles. The topological polar surface area (TPSA) is 63.2 Å². The predicted molar refractivity (Wildman–Crippen MR) is 78.3 cm³/mol. The first kappa shape index (κ1) is 14.8. The van der Waals surface area contributed by atoms with Crippen molar-refractivity contribution in [3.05, 3.63) is 33.3 Å². The van der Waals surface area contributed by atoms with E-state index in [2.05, 4.69) is 21.2 Å². The van der Waals surface area contributed by atoms with Gasteiger partial charge in [-0.1, -0.05) is 11.6 Å². The lowest BCUT2D eigenvalue weighted by Crippen LogP contribution is -2.34. The zero-order valence-corrected chi connectivity index (χ0v) is 13.2. The standard InChI is InChI=1S/C12H13BrClNO3S/c13-10-4-3-8(6-11(10)14)12(16)15-7-9-2-1-5-19(9,17)18/h3-4,6,9H,1-2,5,7H2,(H,15,16). The summed E-state index contributed by atoms with van der Waals surface area (Å²) in [6.45, 7) is 0.162. The molecule has 0 spiro atoms. The van der Waals surface area contributed by atoms with Gasteiger partial charge in [0.1, 0.15) is 0 Å². The van der Waals surface area contributed by atoms with E-state index < -0.39 is 15.1 Å². The van der Waals surface area contributed by atoms with Gasteiger partial charge in [-0.15, -0.1) is 0 Å². The fraction of sp³-hybridized carbons (Fsp3) is 0.417. The van der Waals surface area contributed by atoms with Gasteiger partial charge in [-0.05, 0) is 47.0 Å². The summed E-state index contributed by atoms with van der Waals surface area (Å²) in [5.41, 5.74) is 0.420. The van der Waals surface area contributed by atoms with Crippen LogP contribution in [0, 0.1) is 0 Å². The molecule has 1 heterocycles. The number of halogens is 2. The number of carbonyl (C=O) groups is 1. The Kier molecular flexibility index (Phi) is 4.53. The Morgan fingerprint density at radius 1 is 1.47 bits per heavy atom. The van der Waals surface area contributed by atoms with Crippen LogP contribution in [0.4, 0.5) is 0 Å². The van der Waals surface area contributed by atoms with Gasteiger partial charge in [0, 0.05) is 16.6 Å². The number of hydrogen-bond acceptors (Lipinski definition) is 3. The van der Waals surface area contributed by atoms with E-state index in [0.717, 1.165) is 0 Å². The summed E-state index contributed by atoms with van der Waals surface area (Å²) in [6, 6.07) is 4.86. The Hall–Kier alpha value is -0.590. The summed E-state index contributed by atoms with van der Waals surface area (Å²) < 4.78 is 24.0. The smallest absolute Gasteiger partial charge is 0.251 e. The molecule has 0 bridgehead atoms. The number of sulfone groups is 1. The molecule has 104 valence electrons. The lowest BCUT2D eigenvalue weighted by Gasteiger charge is -2.11. The van der Waals surface area contributed by atoms with Crippen LogP contribution in [0.5, 0.6) is 0 Å². The minimum Gasteiger partial charge on any atom is -0.351 e. The van der Waals surface area contributed by atoms with Crippen LogP contribution < -0.4 is 5.32 Å². The Morgan fingerprint density at radius 3 is 2.79 bits per heavy atom. The van der Waals surface area contributed by atoms with Gasteiger partial charge in [0.15, 0.2) is 9.84 Å². The van der Waals surface area contributed by atoms with E-state index in [1.165, 1.54) is 0 Å². The maximum Gasteiger partial charge on any atom is 0.251 e. The summed E-state index contributed by atoms with van der Waals surface area (Å²) in [7, 11) is -3.03. The van der Waals surface area contributed by atoms with Crippen molar-refractivity contribution in [2.24, 2.45) is 0 Å². The normalized spacial score (nSPS) is 21.3. The first-order valence-electron chi connectivity index (χ1n) is 5.85. The molecule has 0 saturated carbocycles. The molecule has 1 fully saturated rings. The van der Waals surface area contributed by atoms with Crippen LogP contribution in [0.25, 0.3) is 0 Å². The molecule has 7 heteroatoms. The van der Waals surface area contributed by atoms with Gasteiger partial charge >= 0.3 is 0 Å². The summed E-state index contributed by atoms with van der Waals surface area (Å²) in [6.07, 6.45) is 1.29. The molecule has 0 aliphatic carbocycles. The van der Waals surface area contributed by atoms with Crippen LogP contribution in [-0.2, 0) is 9.84 Å². The number of nitrogens with one attached hydrogen (secondary N) is 1. The Labute approximate surface area is 125 Å². The molecule has 19 heavy (non-hydrogen) atoms. The van der Waals surface area contributed by atoms with Crippen molar-refractivity contribution < 1.29 is 13.2 Å². The molecule has 1 aliphatic heterocycles. The van der Waals surface area contributed by atoms with E-state index in [1.54, 1.807) is 18.2 Å². The monoisotopic (exact) mass is 365 g/mol. The van der Waals surface area contributed by atoms with Crippen LogP contribution in [0.15, 0.2) is 22.7 Å². The van der Waals surface area contributed by atoms with Gasteiger partial charge in [0.2, 0.25) is 0 Å². The van der Waals surface area contributed by atoms with Gasteiger partial charge in [-0.25, -0.2) is 8.42 Å². The molecule has 1 amide bonds. The number of amides is 1. The van der Waals surface area contributed by atoms with Crippen molar-refractivity contribution >= 4 is 43.3 Å². The zero-order chi connectivity index (χ0) is 14.0. The highest BCUT2D eigenvalue weighted by molar-refractivity contribution is 9.10. The Morgan fingerprint density at radius 2 is 2.21 bits per heavy atom. The summed E-state index contributed by atoms with van der Waals surface area (Å²) in [4.78, 5) is 11.9. The van der Waals surface area contributed by atoms with Crippen molar-refractivity contribution in [2.45, 2.75) is 18.1 Å². The Bertz CT molecular complexity index is 603. The van der Waals surface area contributed by atoms with Crippen LogP contribution in [0.2, 0.25) is 5.02 Å². The molecule has 0 radical (unpaired) electrons. The second-order valence-electron chi connectivity index (χ2n) is 4.47. The van der Waals surface area contributed by atoms with Gasteiger partial charge in [-0.3, -0.25) is 4.79 Å². The van der Waals surface area contributed by atoms with Crippen molar-refractivity contribution in [1.29, 1.82) is 0 Å². The molecular formula is C12H13BrClNO3S. The first-order chi connectivity index (χ1) is 8.90. The lowest BCUT2D eigenvalue weighted by atomic mass is 10.2. The molecule has 1 aromatic rings. The van der Waals surface area contributed by atoms with Gasteiger partial charge in [-0.2, -0.15) is 0 Å². The second kappa shape index (κ2) is 5.81. The number of rotatable bonds is 3. The maximum atomic E-state index is 11.9. The SMILES string of the molecule is O=C(NCC1CCCS1(=O)=O)c1ccc(Br)c(Cl)c1. The molecule has 1 N–H and O–H groups in total. The van der Waals surface area contributed by atoms with Crippen molar-refractivity contribution in [3.63, 3.8) is 0 Å². The van der Waals surface area contributed by atoms with E-state index >= 15 is 0 Å². The zero-order valence-electron chi connectivity index (χ0n) is 10.0. The summed E-state index contributed by atoms with van der Waals surface area (Å²) >= 11 is 9.15. The highest BCUT2D eigenvalue weighted by Gasteiger charge is 2.31. The van der Waals surface area contributed by atoms with Crippen molar-refractivity contribution in [3.8, 4) is 0 Å². The molecule has 2 rings (SSSR count). The quantitative estimate of drug-likeness (QED) is 0.893. The number of hydrogen-bond donors (Lipinski definition) is 1. The van der Waals surface area contributed by atoms with E-state index in [1.807, 2.05) is 0 Å². The average Bonchev–Trinajstić information content (AvgIpc) is 2.69. The third-order valence-corrected chi connectivity index (χ3v) is 6.64. The largest absolute Gasteiger partial charge is 0.351 e. The van der Waals surface area contributed by atoms with E-state index in [4.69, 9.17) is 11.6 Å². The number of carbonyl (C=O) groups excluding carboxylic acids is 1. The molecular weight excluding hydrogens is 354 g/mol. The van der Waals surface area contributed by atoms with Gasteiger partial charge < -0.3 is 5.32 Å². The Balaban J connectivity index is 2.00. The van der Waals surface area contributed by atoms with E-state index in [9.17, 15) is 13.2 Å². The van der Waals surface area contributed by atoms with E-state index in [-0.39, 0.29) is 18.2 Å². The lowest BCUT2D eigenvalue weighted by molar-refractivity contribution is 0.0953. The predicted octanol–water partition coefficient (Wildman–Crippen LogP) is 2.41. The first-order valence-corrected chi connectivity index (χ1v) is 8.73. The van der Waals surface area contributed by atoms with Crippen molar-refractivity contribution in [1.82, 2.24) is 5.32 Å². The van der Waals surface area contributed by atoms with Crippen LogP contribution in [-0.4, -0.2) is 31.9 Å². The molecule has 0 aromatic heterocycles. The van der Waals surface area contributed by atoms with Crippen LogP contribution >= 0.6 is 27.5 Å². The molecule has 1 unspecified atom stereocenters. The minimum atomic E-state index is -3.03. The minimum absolute atomic E-state index is 0.162. The van der Waals surface area contributed by atoms with Crippen LogP contribution in [0.1, 0.15) is 23.2 Å². The second-order valence-corrected chi connectivity index (χ2v) is 8.13. The number of benzene rings is 1. The van der Waals surface area contributed by atoms with Gasteiger partial charge in [0.25, 0.3) is 5.91 Å². The third-order valence-electron chi connectivity index (χ3n) is 3.13.